The lowest BCUT2D eigenvalue weighted by atomic mass is 10.0. The molecule has 0 aromatic heterocycles. The summed E-state index contributed by atoms with van der Waals surface area (Å²) in [5.41, 5.74) is 8.75. The lowest BCUT2D eigenvalue weighted by Gasteiger charge is -2.11. The number of ether oxygens (including phenoxy) is 1. The molecule has 0 saturated carbocycles. The summed E-state index contributed by atoms with van der Waals surface area (Å²) in [5.74, 6) is 0.585. The molecule has 110 valence electrons. The zero-order valence-electron chi connectivity index (χ0n) is 12.3. The summed E-state index contributed by atoms with van der Waals surface area (Å²) >= 11 is 0. The van der Waals surface area contributed by atoms with Crippen molar-refractivity contribution in [1.29, 1.82) is 0 Å². The minimum Gasteiger partial charge on any atom is -0.492 e. The molecule has 0 spiro atoms. The van der Waals surface area contributed by atoms with Crippen molar-refractivity contribution >= 4 is 11.6 Å². The van der Waals surface area contributed by atoms with E-state index in [1.54, 1.807) is 6.07 Å². The third-order valence-electron chi connectivity index (χ3n) is 3.19. The van der Waals surface area contributed by atoms with Crippen molar-refractivity contribution in [1.82, 2.24) is 0 Å². The van der Waals surface area contributed by atoms with Gasteiger partial charge in [0.25, 0.3) is 5.91 Å². The Labute approximate surface area is 124 Å². The number of nitrogens with one attached hydrogen (secondary N) is 1. The largest absolute Gasteiger partial charge is 0.492 e. The van der Waals surface area contributed by atoms with Crippen LogP contribution in [0.3, 0.4) is 0 Å². The number of hydrogen-bond acceptors (Lipinski definition) is 3. The van der Waals surface area contributed by atoms with Crippen LogP contribution >= 0.6 is 0 Å². The van der Waals surface area contributed by atoms with E-state index in [0.29, 0.717) is 30.2 Å². The Morgan fingerprint density at radius 1 is 1.14 bits per heavy atom. The van der Waals surface area contributed by atoms with Gasteiger partial charge in [-0.15, -0.1) is 0 Å². The zero-order chi connectivity index (χ0) is 15.2. The fourth-order valence-electron chi connectivity index (χ4n) is 2.21. The van der Waals surface area contributed by atoms with Crippen molar-refractivity contribution in [3.8, 4) is 5.75 Å². The first-order valence-corrected chi connectivity index (χ1v) is 6.92. The molecule has 0 heterocycles. The Morgan fingerprint density at radius 3 is 2.48 bits per heavy atom. The van der Waals surface area contributed by atoms with Gasteiger partial charge in [0.1, 0.15) is 12.4 Å². The molecule has 4 nitrogen and oxygen atoms in total. The highest BCUT2D eigenvalue weighted by Crippen LogP contribution is 2.20. The standard InChI is InChI=1S/C17H20N2O2/c1-12-5-3-6-13(2)16(12)17(20)19-14-7-4-8-15(11-14)21-10-9-18/h3-8,11H,9-10,18H2,1-2H3,(H,19,20). The number of aryl methyl sites for hydroxylation is 2. The normalized spacial score (nSPS) is 10.2. The summed E-state index contributed by atoms with van der Waals surface area (Å²) in [6.07, 6.45) is 0. The van der Waals surface area contributed by atoms with Crippen molar-refractivity contribution in [3.63, 3.8) is 0 Å². The van der Waals surface area contributed by atoms with E-state index in [-0.39, 0.29) is 5.91 Å². The van der Waals surface area contributed by atoms with E-state index in [1.165, 1.54) is 0 Å². The van der Waals surface area contributed by atoms with Gasteiger partial charge in [-0.2, -0.15) is 0 Å². The van der Waals surface area contributed by atoms with Gasteiger partial charge in [-0.25, -0.2) is 0 Å². The van der Waals surface area contributed by atoms with E-state index in [2.05, 4.69) is 5.32 Å². The first-order valence-electron chi connectivity index (χ1n) is 6.92. The van der Waals surface area contributed by atoms with E-state index in [9.17, 15) is 4.79 Å². The third-order valence-corrected chi connectivity index (χ3v) is 3.19. The van der Waals surface area contributed by atoms with E-state index >= 15 is 0 Å². The van der Waals surface area contributed by atoms with E-state index in [0.717, 1.165) is 11.1 Å². The summed E-state index contributed by atoms with van der Waals surface area (Å²) in [6.45, 7) is 4.78. The molecule has 3 N–H and O–H groups in total. The van der Waals surface area contributed by atoms with Crippen molar-refractivity contribution in [2.75, 3.05) is 18.5 Å². The lowest BCUT2D eigenvalue weighted by Crippen LogP contribution is -2.15. The van der Waals surface area contributed by atoms with Gasteiger partial charge in [-0.1, -0.05) is 24.3 Å². The molecule has 1 amide bonds. The summed E-state index contributed by atoms with van der Waals surface area (Å²) in [5, 5.41) is 2.91. The summed E-state index contributed by atoms with van der Waals surface area (Å²) in [4.78, 5) is 12.4. The topological polar surface area (TPSA) is 64.3 Å². The summed E-state index contributed by atoms with van der Waals surface area (Å²) in [6, 6.07) is 13.1. The first-order chi connectivity index (χ1) is 10.1. The molecule has 21 heavy (non-hydrogen) atoms. The van der Waals surface area contributed by atoms with Gasteiger partial charge in [0, 0.05) is 23.9 Å². The maximum atomic E-state index is 12.4. The van der Waals surface area contributed by atoms with Crippen molar-refractivity contribution in [2.24, 2.45) is 5.73 Å². The molecular formula is C17H20N2O2. The highest BCUT2D eigenvalue weighted by Gasteiger charge is 2.12. The summed E-state index contributed by atoms with van der Waals surface area (Å²) in [7, 11) is 0. The molecule has 0 fully saturated rings. The van der Waals surface area contributed by atoms with Gasteiger partial charge in [0.05, 0.1) is 0 Å². The monoisotopic (exact) mass is 284 g/mol. The van der Waals surface area contributed by atoms with Crippen LogP contribution in [0, 0.1) is 13.8 Å². The number of hydrogen-bond donors (Lipinski definition) is 2. The smallest absolute Gasteiger partial charge is 0.256 e. The third kappa shape index (κ3) is 3.83. The molecule has 2 rings (SSSR count). The predicted molar refractivity (Wildman–Crippen MR) is 84.9 cm³/mol. The number of nitrogens with two attached hydrogens (primary N) is 1. The number of carbonyl (C=O) groups is 1. The van der Waals surface area contributed by atoms with Crippen molar-refractivity contribution in [2.45, 2.75) is 13.8 Å². The van der Waals surface area contributed by atoms with E-state index in [4.69, 9.17) is 10.5 Å². The fourth-order valence-corrected chi connectivity index (χ4v) is 2.21. The Balaban J connectivity index is 2.16. The van der Waals surface area contributed by atoms with Crippen LogP contribution in [0.2, 0.25) is 0 Å². The van der Waals surface area contributed by atoms with Gasteiger partial charge in [0.15, 0.2) is 0 Å². The van der Waals surface area contributed by atoms with Crippen LogP contribution in [0.1, 0.15) is 21.5 Å². The molecule has 0 unspecified atom stereocenters. The SMILES string of the molecule is Cc1cccc(C)c1C(=O)Nc1cccc(OCCN)c1. The Hall–Kier alpha value is -2.33. The second-order valence-corrected chi connectivity index (χ2v) is 4.89. The lowest BCUT2D eigenvalue weighted by molar-refractivity contribution is 0.102. The fraction of sp³-hybridized carbons (Fsp3) is 0.235. The molecule has 2 aromatic carbocycles. The van der Waals surface area contributed by atoms with Crippen molar-refractivity contribution < 1.29 is 9.53 Å². The van der Waals surface area contributed by atoms with Crippen LogP contribution in [0.5, 0.6) is 5.75 Å². The Kier molecular flexibility index (Phi) is 4.95. The average Bonchev–Trinajstić information content (AvgIpc) is 2.45. The number of rotatable bonds is 5. The maximum absolute atomic E-state index is 12.4. The molecule has 0 aliphatic carbocycles. The average molecular weight is 284 g/mol. The van der Waals surface area contributed by atoms with Gasteiger partial charge in [-0.3, -0.25) is 4.79 Å². The molecule has 0 radical (unpaired) electrons. The minimum absolute atomic E-state index is 0.110. The molecule has 4 heteroatoms. The van der Waals surface area contributed by atoms with Gasteiger partial charge >= 0.3 is 0 Å². The van der Waals surface area contributed by atoms with E-state index in [1.807, 2.05) is 50.2 Å². The van der Waals surface area contributed by atoms with Gasteiger partial charge in [0.2, 0.25) is 0 Å². The minimum atomic E-state index is -0.110. The van der Waals surface area contributed by atoms with Crippen LogP contribution < -0.4 is 15.8 Å². The summed E-state index contributed by atoms with van der Waals surface area (Å²) < 4.78 is 5.45. The Morgan fingerprint density at radius 2 is 1.81 bits per heavy atom. The highest BCUT2D eigenvalue weighted by atomic mass is 16.5. The quantitative estimate of drug-likeness (QED) is 0.887. The van der Waals surface area contributed by atoms with Crippen LogP contribution in [0.25, 0.3) is 0 Å². The number of anilines is 1. The zero-order valence-corrected chi connectivity index (χ0v) is 12.3. The first kappa shape index (κ1) is 15.1. The number of benzene rings is 2. The van der Waals surface area contributed by atoms with Crippen molar-refractivity contribution in [3.05, 3.63) is 59.2 Å². The second-order valence-electron chi connectivity index (χ2n) is 4.89. The molecule has 0 saturated heterocycles. The maximum Gasteiger partial charge on any atom is 0.256 e. The van der Waals surface area contributed by atoms with Gasteiger partial charge in [-0.05, 0) is 37.1 Å². The Bertz CT molecular complexity index is 618. The second kappa shape index (κ2) is 6.90. The van der Waals surface area contributed by atoms with Gasteiger partial charge < -0.3 is 15.8 Å². The van der Waals surface area contributed by atoms with E-state index < -0.39 is 0 Å². The molecule has 2 aromatic rings. The molecule has 0 aliphatic rings. The van der Waals surface area contributed by atoms with Crippen LogP contribution in [-0.4, -0.2) is 19.1 Å². The number of amides is 1. The number of carbonyl (C=O) groups excluding carboxylic acids is 1. The van der Waals surface area contributed by atoms with Crippen LogP contribution in [-0.2, 0) is 0 Å². The van der Waals surface area contributed by atoms with Crippen LogP contribution in [0.15, 0.2) is 42.5 Å². The molecule has 0 atom stereocenters. The predicted octanol–water partition coefficient (Wildman–Crippen LogP) is 2.89. The molecule has 0 aliphatic heterocycles. The molecular weight excluding hydrogens is 264 g/mol. The molecule has 0 bridgehead atoms. The highest BCUT2D eigenvalue weighted by molar-refractivity contribution is 6.06. The van der Waals surface area contributed by atoms with Crippen LogP contribution in [0.4, 0.5) is 5.69 Å².